The molecule has 16 heavy (non-hydrogen) atoms. The molecule has 1 heterocycles. The molecule has 0 fully saturated rings. The Bertz CT molecular complexity index is 598. The van der Waals surface area contributed by atoms with Crippen LogP contribution in [0.4, 0.5) is 0 Å². The van der Waals surface area contributed by atoms with Crippen LogP contribution < -0.4 is 5.56 Å². The summed E-state index contributed by atoms with van der Waals surface area (Å²) in [5.41, 5.74) is 1.74. The van der Waals surface area contributed by atoms with E-state index in [-0.39, 0.29) is 5.56 Å². The Balaban J connectivity index is 2.40. The van der Waals surface area contributed by atoms with E-state index in [0.717, 1.165) is 11.1 Å². The number of aryl methyl sites for hydroxylation is 1. The Hall–Kier alpha value is -1.68. The Morgan fingerprint density at radius 3 is 2.69 bits per heavy atom. The van der Waals surface area contributed by atoms with Crippen molar-refractivity contribution in [3.63, 3.8) is 0 Å². The first-order chi connectivity index (χ1) is 7.66. The molecular formula is C12H12N2OS. The summed E-state index contributed by atoms with van der Waals surface area (Å²) in [7, 11) is 1.83. The van der Waals surface area contributed by atoms with Gasteiger partial charge in [0.1, 0.15) is 0 Å². The van der Waals surface area contributed by atoms with Crippen molar-refractivity contribution < 1.29 is 0 Å². The molecule has 1 aromatic heterocycles. The molecule has 1 N–H and O–H groups in total. The average molecular weight is 232 g/mol. The quantitative estimate of drug-likeness (QED) is 0.805. The second kappa shape index (κ2) is 4.45. The number of hydrogen-bond acceptors (Lipinski definition) is 2. The zero-order valence-corrected chi connectivity index (χ0v) is 9.75. The van der Waals surface area contributed by atoms with Gasteiger partial charge in [0.15, 0.2) is 4.77 Å². The van der Waals surface area contributed by atoms with Gasteiger partial charge in [-0.1, -0.05) is 30.3 Å². The first kappa shape index (κ1) is 10.8. The molecule has 0 atom stereocenters. The summed E-state index contributed by atoms with van der Waals surface area (Å²) in [6, 6.07) is 9.89. The molecule has 2 rings (SSSR count). The van der Waals surface area contributed by atoms with E-state index in [9.17, 15) is 4.79 Å². The largest absolute Gasteiger partial charge is 0.328 e. The van der Waals surface area contributed by atoms with E-state index < -0.39 is 0 Å². The zero-order valence-electron chi connectivity index (χ0n) is 8.93. The molecule has 0 amide bonds. The van der Waals surface area contributed by atoms with Crippen molar-refractivity contribution >= 4 is 12.2 Å². The molecule has 0 aliphatic heterocycles. The molecule has 82 valence electrons. The van der Waals surface area contributed by atoms with E-state index in [1.165, 1.54) is 0 Å². The molecule has 0 saturated carbocycles. The molecule has 0 unspecified atom stereocenters. The van der Waals surface area contributed by atoms with Crippen LogP contribution in [0.1, 0.15) is 11.1 Å². The lowest BCUT2D eigenvalue weighted by Gasteiger charge is -2.03. The van der Waals surface area contributed by atoms with Crippen LogP contribution in [0, 0.1) is 4.77 Å². The number of nitrogens with one attached hydrogen (secondary N) is 1. The lowest BCUT2D eigenvalue weighted by atomic mass is 10.1. The van der Waals surface area contributed by atoms with Gasteiger partial charge >= 0.3 is 0 Å². The monoisotopic (exact) mass is 232 g/mol. The SMILES string of the molecule is Cn1cc(Cc2ccccc2)c(=O)[nH]c1=S. The van der Waals surface area contributed by atoms with Gasteiger partial charge in [-0.15, -0.1) is 0 Å². The number of benzene rings is 1. The third kappa shape index (κ3) is 2.28. The maximum Gasteiger partial charge on any atom is 0.255 e. The molecule has 0 bridgehead atoms. The Labute approximate surface area is 98.4 Å². The van der Waals surface area contributed by atoms with E-state index in [4.69, 9.17) is 12.2 Å². The van der Waals surface area contributed by atoms with Crippen LogP contribution in [0.25, 0.3) is 0 Å². The molecule has 4 heteroatoms. The normalized spacial score (nSPS) is 10.3. The van der Waals surface area contributed by atoms with Crippen LogP contribution in [0.5, 0.6) is 0 Å². The average Bonchev–Trinajstić information content (AvgIpc) is 2.27. The predicted molar refractivity (Wildman–Crippen MR) is 66.1 cm³/mol. The first-order valence-electron chi connectivity index (χ1n) is 4.99. The Kier molecular flexibility index (Phi) is 3.01. The highest BCUT2D eigenvalue weighted by atomic mass is 32.1. The summed E-state index contributed by atoms with van der Waals surface area (Å²) >= 11 is 4.97. The molecule has 0 aliphatic rings. The molecule has 2 aromatic rings. The van der Waals surface area contributed by atoms with Crippen molar-refractivity contribution in [2.45, 2.75) is 6.42 Å². The van der Waals surface area contributed by atoms with Crippen molar-refractivity contribution in [1.29, 1.82) is 0 Å². The second-order valence-electron chi connectivity index (χ2n) is 3.69. The fourth-order valence-corrected chi connectivity index (χ4v) is 1.70. The highest BCUT2D eigenvalue weighted by Crippen LogP contribution is 2.04. The number of H-pyrrole nitrogens is 1. The van der Waals surface area contributed by atoms with Crippen LogP contribution in [-0.4, -0.2) is 9.55 Å². The zero-order chi connectivity index (χ0) is 11.5. The standard InChI is InChI=1S/C12H12N2OS/c1-14-8-10(11(15)13-12(14)16)7-9-5-3-2-4-6-9/h2-6,8H,7H2,1H3,(H,13,15,16). The minimum Gasteiger partial charge on any atom is -0.328 e. The number of hydrogen-bond donors (Lipinski definition) is 1. The third-order valence-electron chi connectivity index (χ3n) is 2.42. The Morgan fingerprint density at radius 1 is 1.31 bits per heavy atom. The van der Waals surface area contributed by atoms with E-state index in [1.807, 2.05) is 37.4 Å². The lowest BCUT2D eigenvalue weighted by Crippen LogP contribution is -2.16. The molecule has 0 spiro atoms. The lowest BCUT2D eigenvalue weighted by molar-refractivity contribution is 0.811. The van der Waals surface area contributed by atoms with Gasteiger partial charge in [0.2, 0.25) is 0 Å². The maximum absolute atomic E-state index is 11.7. The van der Waals surface area contributed by atoms with Crippen LogP contribution in [-0.2, 0) is 13.5 Å². The van der Waals surface area contributed by atoms with Crippen molar-refractivity contribution in [3.8, 4) is 0 Å². The Morgan fingerprint density at radius 2 is 2.00 bits per heavy atom. The van der Waals surface area contributed by atoms with Gasteiger partial charge in [0, 0.05) is 25.2 Å². The molecule has 3 nitrogen and oxygen atoms in total. The summed E-state index contributed by atoms with van der Waals surface area (Å²) in [5.74, 6) is 0. The van der Waals surface area contributed by atoms with Gasteiger partial charge in [-0.05, 0) is 17.8 Å². The fourth-order valence-electron chi connectivity index (χ4n) is 1.56. The topological polar surface area (TPSA) is 37.8 Å². The maximum atomic E-state index is 11.7. The summed E-state index contributed by atoms with van der Waals surface area (Å²) in [6.45, 7) is 0. The van der Waals surface area contributed by atoms with E-state index in [0.29, 0.717) is 11.2 Å². The number of aromatic amines is 1. The van der Waals surface area contributed by atoms with Crippen molar-refractivity contribution in [2.75, 3.05) is 0 Å². The van der Waals surface area contributed by atoms with Crippen LogP contribution >= 0.6 is 12.2 Å². The minimum atomic E-state index is -0.105. The van der Waals surface area contributed by atoms with Gasteiger partial charge in [-0.3, -0.25) is 9.78 Å². The van der Waals surface area contributed by atoms with Crippen LogP contribution in [0.2, 0.25) is 0 Å². The smallest absolute Gasteiger partial charge is 0.255 e. The van der Waals surface area contributed by atoms with Gasteiger partial charge in [0.25, 0.3) is 5.56 Å². The fraction of sp³-hybridized carbons (Fsp3) is 0.167. The second-order valence-corrected chi connectivity index (χ2v) is 4.07. The third-order valence-corrected chi connectivity index (χ3v) is 2.81. The summed E-state index contributed by atoms with van der Waals surface area (Å²) in [4.78, 5) is 14.3. The molecule has 1 aromatic carbocycles. The van der Waals surface area contributed by atoms with E-state index >= 15 is 0 Å². The number of nitrogens with zero attached hydrogens (tertiary/aromatic N) is 1. The summed E-state index contributed by atoms with van der Waals surface area (Å²) in [6.07, 6.45) is 2.41. The van der Waals surface area contributed by atoms with Crippen molar-refractivity contribution in [3.05, 3.63) is 62.8 Å². The molecule has 0 saturated heterocycles. The number of rotatable bonds is 2. The van der Waals surface area contributed by atoms with Gasteiger partial charge in [0.05, 0.1) is 0 Å². The van der Waals surface area contributed by atoms with Gasteiger partial charge < -0.3 is 4.57 Å². The molecule has 0 aliphatic carbocycles. The minimum absolute atomic E-state index is 0.105. The van der Waals surface area contributed by atoms with Crippen LogP contribution in [0.3, 0.4) is 0 Å². The summed E-state index contributed by atoms with van der Waals surface area (Å²) < 4.78 is 2.19. The van der Waals surface area contributed by atoms with Crippen molar-refractivity contribution in [2.24, 2.45) is 7.05 Å². The summed E-state index contributed by atoms with van der Waals surface area (Å²) in [5, 5.41) is 0. The number of aromatic nitrogens is 2. The van der Waals surface area contributed by atoms with E-state index in [2.05, 4.69) is 4.98 Å². The molecular weight excluding hydrogens is 220 g/mol. The predicted octanol–water partition coefficient (Wildman–Crippen LogP) is 2.03. The van der Waals surface area contributed by atoms with Crippen molar-refractivity contribution in [1.82, 2.24) is 9.55 Å². The van der Waals surface area contributed by atoms with E-state index in [1.54, 1.807) is 10.8 Å². The van der Waals surface area contributed by atoms with Gasteiger partial charge in [-0.2, -0.15) is 0 Å². The van der Waals surface area contributed by atoms with Gasteiger partial charge in [-0.25, -0.2) is 0 Å². The highest BCUT2D eigenvalue weighted by molar-refractivity contribution is 7.71. The highest BCUT2D eigenvalue weighted by Gasteiger charge is 2.02. The van der Waals surface area contributed by atoms with Crippen LogP contribution in [0.15, 0.2) is 41.3 Å². The molecule has 0 radical (unpaired) electrons. The first-order valence-corrected chi connectivity index (χ1v) is 5.40.